The van der Waals surface area contributed by atoms with Crippen molar-refractivity contribution in [2.75, 3.05) is 0 Å². The van der Waals surface area contributed by atoms with Crippen LogP contribution < -0.4 is 0 Å². The van der Waals surface area contributed by atoms with Crippen LogP contribution in [0.25, 0.3) is 72.0 Å². The van der Waals surface area contributed by atoms with Crippen LogP contribution in [0.4, 0.5) is 0 Å². The van der Waals surface area contributed by atoms with Crippen molar-refractivity contribution in [1.29, 1.82) is 0 Å². The Bertz CT molecular complexity index is 3270. The number of aromatic nitrogens is 3. The number of fused-ring (bicyclic) bond motifs is 8. The normalized spacial score (nSPS) is 12.3. The zero-order valence-electron chi connectivity index (χ0n) is 34.4. The number of nitrogens with zero attached hydrogens (tertiary/aromatic N) is 6. The second-order valence-electron chi connectivity index (χ2n) is 14.5. The van der Waals surface area contributed by atoms with Gasteiger partial charge in [-0.15, -0.1) is 0 Å². The Morgan fingerprint density at radius 1 is 0.550 bits per heavy atom. The lowest BCUT2D eigenvalue weighted by Crippen LogP contribution is -2.13. The number of aryl methyl sites for hydroxylation is 1. The Labute approximate surface area is 350 Å². The zero-order chi connectivity index (χ0) is 41.2. The molecule has 292 valence electrons. The fraction of sp³-hybridized carbons (Fsp3) is 0.0926. The number of aliphatic imine (C=N–C) groups is 3. The molecule has 60 heavy (non-hydrogen) atoms. The maximum atomic E-state index is 5.26. The van der Waals surface area contributed by atoms with E-state index >= 15 is 0 Å². The highest BCUT2D eigenvalue weighted by Gasteiger charge is 2.23. The summed E-state index contributed by atoms with van der Waals surface area (Å²) in [6, 6.07) is 59.6. The van der Waals surface area contributed by atoms with E-state index < -0.39 is 0 Å². The molecule has 0 spiro atoms. The summed E-state index contributed by atoms with van der Waals surface area (Å²) in [4.78, 5) is 15.0. The van der Waals surface area contributed by atoms with E-state index in [1.54, 1.807) is 0 Å². The first-order chi connectivity index (χ1) is 29.6. The van der Waals surface area contributed by atoms with Crippen LogP contribution in [0.15, 0.2) is 191 Å². The van der Waals surface area contributed by atoms with Crippen molar-refractivity contribution >= 4 is 79.1 Å². The van der Waals surface area contributed by atoms with Gasteiger partial charge in [-0.3, -0.25) is 9.56 Å². The Morgan fingerprint density at radius 3 is 1.70 bits per heavy atom. The summed E-state index contributed by atoms with van der Waals surface area (Å²) in [6.45, 7) is 12.9. The number of para-hydroxylation sites is 3. The van der Waals surface area contributed by atoms with Gasteiger partial charge < -0.3 is 9.13 Å². The lowest BCUT2D eigenvalue weighted by Gasteiger charge is -2.14. The summed E-state index contributed by atoms with van der Waals surface area (Å²) < 4.78 is 6.92. The number of benzene rings is 7. The number of hydrogen-bond acceptors (Lipinski definition) is 1. The molecule has 0 aliphatic carbocycles. The molecule has 0 saturated carbocycles. The van der Waals surface area contributed by atoms with Gasteiger partial charge in [0.25, 0.3) is 0 Å². The van der Waals surface area contributed by atoms with Crippen molar-refractivity contribution in [2.45, 2.75) is 34.2 Å². The quantitative estimate of drug-likeness (QED) is 0.119. The van der Waals surface area contributed by atoms with Crippen LogP contribution in [0.2, 0.25) is 0 Å². The smallest absolute Gasteiger partial charge is 0.236 e. The molecular formula is C54H46N6. The first kappa shape index (κ1) is 38.0. The largest absolute Gasteiger partial charge is 0.310 e. The molecule has 3 heterocycles. The Hall–Kier alpha value is -7.57. The van der Waals surface area contributed by atoms with Crippen LogP contribution in [0.1, 0.15) is 43.2 Å². The monoisotopic (exact) mass is 778 g/mol. The highest BCUT2D eigenvalue weighted by atomic mass is 15.2. The standard InChI is InChI=1S/C52H40N6.C2H6/c1-4-17-45-35(2)40-22-11-14-25-46(40)56(45)38-28-30-39(31-29-38)57-47-26-15-12-23-41(47)43-32-33-44-42-24-13-16-27-48(42)58(50(44)49(43)57)52(53-3)55-51(37-20-9-6-10-21-37)54-34-36-18-7-5-8-19-36;1-2/h4-33H,3,34H2,1-2H3;1-2H3/b17-4-,54-51?,55-52?;. The second-order valence-corrected chi connectivity index (χ2v) is 14.5. The van der Waals surface area contributed by atoms with Crippen molar-refractivity contribution in [2.24, 2.45) is 15.0 Å². The van der Waals surface area contributed by atoms with E-state index in [9.17, 15) is 0 Å². The lowest BCUT2D eigenvalue weighted by molar-refractivity contribution is 1.06. The molecule has 0 radical (unpaired) electrons. The number of amidine groups is 1. The van der Waals surface area contributed by atoms with Gasteiger partial charge >= 0.3 is 0 Å². The van der Waals surface area contributed by atoms with E-state index in [-0.39, 0.29) is 0 Å². The number of allylic oxidation sites excluding steroid dienone is 1. The molecule has 0 atom stereocenters. The van der Waals surface area contributed by atoms with E-state index in [2.05, 4.69) is 173 Å². The third-order valence-corrected chi connectivity index (χ3v) is 11.2. The predicted octanol–water partition coefficient (Wildman–Crippen LogP) is 13.8. The predicted molar refractivity (Wildman–Crippen MR) is 257 cm³/mol. The first-order valence-corrected chi connectivity index (χ1v) is 20.6. The van der Waals surface area contributed by atoms with Crippen LogP contribution in [-0.4, -0.2) is 32.2 Å². The summed E-state index contributed by atoms with van der Waals surface area (Å²) in [7, 11) is 0. The van der Waals surface area contributed by atoms with Gasteiger partial charge in [0.1, 0.15) is 0 Å². The van der Waals surface area contributed by atoms with Gasteiger partial charge in [-0.25, -0.2) is 4.99 Å². The minimum absolute atomic E-state index is 0.452. The van der Waals surface area contributed by atoms with E-state index in [4.69, 9.17) is 9.98 Å². The maximum absolute atomic E-state index is 5.26. The third kappa shape index (κ3) is 6.43. The second kappa shape index (κ2) is 16.4. The molecule has 0 N–H and O–H groups in total. The topological polar surface area (TPSA) is 51.9 Å². The molecule has 6 nitrogen and oxygen atoms in total. The fourth-order valence-electron chi connectivity index (χ4n) is 8.56. The molecular weight excluding hydrogens is 733 g/mol. The van der Waals surface area contributed by atoms with E-state index in [1.165, 1.54) is 27.5 Å². The van der Waals surface area contributed by atoms with Gasteiger partial charge in [-0.2, -0.15) is 4.99 Å². The highest BCUT2D eigenvalue weighted by molar-refractivity contribution is 6.26. The molecule has 0 aliphatic heterocycles. The Morgan fingerprint density at radius 2 is 1.07 bits per heavy atom. The van der Waals surface area contributed by atoms with Crippen LogP contribution in [0, 0.1) is 6.92 Å². The van der Waals surface area contributed by atoms with E-state index in [0.29, 0.717) is 18.3 Å². The maximum Gasteiger partial charge on any atom is 0.236 e. The summed E-state index contributed by atoms with van der Waals surface area (Å²) in [5, 5.41) is 5.78. The van der Waals surface area contributed by atoms with Gasteiger partial charge in [0.2, 0.25) is 5.96 Å². The van der Waals surface area contributed by atoms with Crippen molar-refractivity contribution < 1.29 is 0 Å². The molecule has 0 saturated heterocycles. The molecule has 0 unspecified atom stereocenters. The number of hydrogen-bond donors (Lipinski definition) is 0. The molecule has 10 aromatic rings. The summed E-state index contributed by atoms with van der Waals surface area (Å²) in [5.41, 5.74) is 12.0. The van der Waals surface area contributed by atoms with Crippen molar-refractivity contribution in [3.8, 4) is 11.4 Å². The van der Waals surface area contributed by atoms with Gasteiger partial charge in [-0.05, 0) is 80.2 Å². The molecule has 7 aromatic carbocycles. The Balaban J connectivity index is 0.00000228. The van der Waals surface area contributed by atoms with Crippen LogP contribution >= 0.6 is 0 Å². The van der Waals surface area contributed by atoms with Gasteiger partial charge in [0.05, 0.1) is 34.1 Å². The Kier molecular flexibility index (Phi) is 10.4. The van der Waals surface area contributed by atoms with Crippen LogP contribution in [0.3, 0.4) is 0 Å². The molecule has 0 fully saturated rings. The van der Waals surface area contributed by atoms with E-state index in [0.717, 1.165) is 60.7 Å². The number of rotatable bonds is 6. The van der Waals surface area contributed by atoms with E-state index in [1.807, 2.05) is 62.4 Å². The SMILES string of the molecule is C=NC(=NC(=NCc1ccccc1)c1ccccc1)n1c2ccccc2c2ccc3c4ccccc4n(-c4ccc(-n5c(/C=C\C)c(C)c6ccccc65)cc4)c3c21.CC. The molecule has 0 bridgehead atoms. The van der Waals surface area contributed by atoms with Crippen molar-refractivity contribution in [3.05, 3.63) is 198 Å². The molecule has 10 rings (SSSR count). The minimum atomic E-state index is 0.452. The summed E-state index contributed by atoms with van der Waals surface area (Å²) in [6.07, 6.45) is 4.32. The average molecular weight is 779 g/mol. The minimum Gasteiger partial charge on any atom is -0.310 e. The van der Waals surface area contributed by atoms with Gasteiger partial charge in [0.15, 0.2) is 5.84 Å². The van der Waals surface area contributed by atoms with Crippen LogP contribution in [-0.2, 0) is 6.54 Å². The highest BCUT2D eigenvalue weighted by Crippen LogP contribution is 2.41. The van der Waals surface area contributed by atoms with Gasteiger partial charge in [0, 0.05) is 49.6 Å². The first-order valence-electron chi connectivity index (χ1n) is 20.6. The van der Waals surface area contributed by atoms with Gasteiger partial charge in [-0.1, -0.05) is 147 Å². The summed E-state index contributed by atoms with van der Waals surface area (Å²) in [5.74, 6) is 1.04. The summed E-state index contributed by atoms with van der Waals surface area (Å²) >= 11 is 0. The van der Waals surface area contributed by atoms with Crippen molar-refractivity contribution in [1.82, 2.24) is 13.7 Å². The molecule has 6 heteroatoms. The van der Waals surface area contributed by atoms with Crippen LogP contribution in [0.5, 0.6) is 0 Å². The molecule has 0 aliphatic rings. The zero-order valence-corrected chi connectivity index (χ0v) is 34.4. The lowest BCUT2D eigenvalue weighted by atomic mass is 10.1. The average Bonchev–Trinajstić information content (AvgIpc) is 3.93. The van der Waals surface area contributed by atoms with Crippen molar-refractivity contribution in [3.63, 3.8) is 0 Å². The molecule has 3 aromatic heterocycles. The third-order valence-electron chi connectivity index (χ3n) is 11.2. The molecule has 0 amide bonds. The fourth-order valence-corrected chi connectivity index (χ4v) is 8.56.